The smallest absolute Gasteiger partial charge is 0.410 e. The number of ether oxygens (including phenoxy) is 1. The molecular weight excluding hydrogens is 238 g/mol. The van der Waals surface area contributed by atoms with Gasteiger partial charge in [-0.1, -0.05) is 0 Å². The van der Waals surface area contributed by atoms with Crippen molar-refractivity contribution in [2.24, 2.45) is 0 Å². The molecule has 1 spiro atoms. The number of likely N-dealkylation sites (tertiary alicyclic amines) is 1. The van der Waals surface area contributed by atoms with E-state index in [-0.39, 0.29) is 18.1 Å². The second-order valence-corrected chi connectivity index (χ2v) is 4.91. The van der Waals surface area contributed by atoms with Crippen molar-refractivity contribution < 1.29 is 19.1 Å². The number of carbonyl (C=O) groups excluding carboxylic acids is 3. The summed E-state index contributed by atoms with van der Waals surface area (Å²) in [5.41, 5.74) is -0.842. The van der Waals surface area contributed by atoms with E-state index >= 15 is 0 Å². The Morgan fingerprint density at radius 3 is 2.39 bits per heavy atom. The predicted molar refractivity (Wildman–Crippen MR) is 61.8 cm³/mol. The molecule has 2 saturated heterocycles. The Balaban J connectivity index is 1.94. The molecule has 4 amide bonds. The summed E-state index contributed by atoms with van der Waals surface area (Å²) in [6.07, 6.45) is 0.294. The van der Waals surface area contributed by atoms with E-state index in [0.717, 1.165) is 0 Å². The van der Waals surface area contributed by atoms with Gasteiger partial charge < -0.3 is 15.0 Å². The average molecular weight is 255 g/mol. The molecule has 2 fully saturated rings. The van der Waals surface area contributed by atoms with E-state index in [2.05, 4.69) is 10.6 Å². The Labute approximate surface area is 105 Å². The van der Waals surface area contributed by atoms with Crippen LogP contribution in [0.15, 0.2) is 0 Å². The fourth-order valence-electron chi connectivity index (χ4n) is 2.23. The zero-order valence-corrected chi connectivity index (χ0v) is 10.5. The number of urea groups is 1. The number of rotatable bonds is 1. The number of imide groups is 1. The monoisotopic (exact) mass is 255 g/mol. The topological polar surface area (TPSA) is 87.7 Å². The SMILES string of the molecule is CC(C)OC(=O)N1CCC2(CC1)NC(=O)NC2=O. The molecule has 7 heteroatoms. The van der Waals surface area contributed by atoms with Crippen LogP contribution in [0.4, 0.5) is 9.59 Å². The molecular formula is C11H17N3O4. The van der Waals surface area contributed by atoms with Crippen molar-refractivity contribution in [1.29, 1.82) is 0 Å². The van der Waals surface area contributed by atoms with Crippen molar-refractivity contribution in [2.45, 2.75) is 38.3 Å². The molecule has 2 aliphatic rings. The first kappa shape index (κ1) is 12.7. The first-order valence-electron chi connectivity index (χ1n) is 6.02. The number of hydrogen-bond donors (Lipinski definition) is 2. The van der Waals surface area contributed by atoms with E-state index in [1.54, 1.807) is 18.7 Å². The van der Waals surface area contributed by atoms with Gasteiger partial charge in [0.1, 0.15) is 5.54 Å². The fraction of sp³-hybridized carbons (Fsp3) is 0.727. The quantitative estimate of drug-likeness (QED) is 0.655. The van der Waals surface area contributed by atoms with Gasteiger partial charge in [-0.25, -0.2) is 9.59 Å². The van der Waals surface area contributed by atoms with Crippen molar-refractivity contribution in [3.63, 3.8) is 0 Å². The molecule has 2 rings (SSSR count). The lowest BCUT2D eigenvalue weighted by Crippen LogP contribution is -2.55. The largest absolute Gasteiger partial charge is 0.447 e. The molecule has 0 saturated carbocycles. The summed E-state index contributed by atoms with van der Waals surface area (Å²) in [7, 11) is 0. The predicted octanol–water partition coefficient (Wildman–Crippen LogP) is 0.205. The minimum atomic E-state index is -0.842. The number of nitrogens with zero attached hydrogens (tertiary/aromatic N) is 1. The number of carbonyl (C=O) groups is 3. The number of amides is 4. The summed E-state index contributed by atoms with van der Waals surface area (Å²) >= 11 is 0. The molecule has 2 N–H and O–H groups in total. The number of piperidine rings is 1. The number of hydrogen-bond acceptors (Lipinski definition) is 4. The third-order valence-corrected chi connectivity index (χ3v) is 3.23. The number of nitrogens with one attached hydrogen (secondary N) is 2. The van der Waals surface area contributed by atoms with Crippen LogP contribution in [0.1, 0.15) is 26.7 Å². The van der Waals surface area contributed by atoms with Crippen LogP contribution in [0.3, 0.4) is 0 Å². The molecule has 2 heterocycles. The first-order valence-corrected chi connectivity index (χ1v) is 6.02. The minimum absolute atomic E-state index is 0.164. The van der Waals surface area contributed by atoms with Gasteiger partial charge in [0.25, 0.3) is 5.91 Å². The van der Waals surface area contributed by atoms with Gasteiger partial charge in [0.2, 0.25) is 0 Å². The van der Waals surface area contributed by atoms with Crippen LogP contribution >= 0.6 is 0 Å². The highest BCUT2D eigenvalue weighted by Crippen LogP contribution is 2.25. The van der Waals surface area contributed by atoms with E-state index in [4.69, 9.17) is 4.74 Å². The van der Waals surface area contributed by atoms with E-state index < -0.39 is 11.6 Å². The molecule has 0 atom stereocenters. The van der Waals surface area contributed by atoms with Gasteiger partial charge >= 0.3 is 12.1 Å². The molecule has 7 nitrogen and oxygen atoms in total. The molecule has 0 radical (unpaired) electrons. The van der Waals surface area contributed by atoms with Crippen molar-refractivity contribution in [1.82, 2.24) is 15.5 Å². The molecule has 18 heavy (non-hydrogen) atoms. The molecule has 0 aromatic heterocycles. The summed E-state index contributed by atoms with van der Waals surface area (Å²) in [5.74, 6) is -0.302. The van der Waals surface area contributed by atoms with Gasteiger partial charge in [0, 0.05) is 13.1 Å². The molecule has 0 aromatic carbocycles. The summed E-state index contributed by atoms with van der Waals surface area (Å²) in [6.45, 7) is 4.38. The summed E-state index contributed by atoms with van der Waals surface area (Å²) in [5, 5.41) is 4.87. The summed E-state index contributed by atoms with van der Waals surface area (Å²) in [4.78, 5) is 36.1. The second kappa shape index (κ2) is 4.47. The highest BCUT2D eigenvalue weighted by Gasteiger charge is 2.48. The lowest BCUT2D eigenvalue weighted by atomic mass is 9.88. The molecule has 0 aliphatic carbocycles. The zero-order chi connectivity index (χ0) is 13.3. The summed E-state index contributed by atoms with van der Waals surface area (Å²) < 4.78 is 5.09. The Morgan fingerprint density at radius 1 is 1.33 bits per heavy atom. The van der Waals surface area contributed by atoms with Gasteiger partial charge in [-0.3, -0.25) is 10.1 Å². The van der Waals surface area contributed by atoms with Crippen LogP contribution in [-0.2, 0) is 9.53 Å². The molecule has 2 aliphatic heterocycles. The van der Waals surface area contributed by atoms with Crippen LogP contribution in [0, 0.1) is 0 Å². The van der Waals surface area contributed by atoms with Gasteiger partial charge in [-0.05, 0) is 26.7 Å². The van der Waals surface area contributed by atoms with Crippen LogP contribution in [0.5, 0.6) is 0 Å². The third kappa shape index (κ3) is 2.25. The van der Waals surface area contributed by atoms with E-state index in [1.807, 2.05) is 0 Å². The van der Waals surface area contributed by atoms with Gasteiger partial charge in [-0.2, -0.15) is 0 Å². The van der Waals surface area contributed by atoms with Crippen LogP contribution < -0.4 is 10.6 Å². The third-order valence-electron chi connectivity index (χ3n) is 3.23. The van der Waals surface area contributed by atoms with Crippen molar-refractivity contribution >= 4 is 18.0 Å². The van der Waals surface area contributed by atoms with Crippen LogP contribution in [-0.4, -0.2) is 47.7 Å². The highest BCUT2D eigenvalue weighted by molar-refractivity contribution is 6.07. The maximum absolute atomic E-state index is 11.7. The maximum Gasteiger partial charge on any atom is 0.410 e. The Kier molecular flexibility index (Phi) is 3.14. The summed E-state index contributed by atoms with van der Waals surface area (Å²) in [6, 6.07) is -0.460. The van der Waals surface area contributed by atoms with E-state index in [1.165, 1.54) is 0 Å². The van der Waals surface area contributed by atoms with Gasteiger partial charge in [0.05, 0.1) is 6.10 Å². The van der Waals surface area contributed by atoms with E-state index in [0.29, 0.717) is 25.9 Å². The average Bonchev–Trinajstić information content (AvgIpc) is 2.53. The van der Waals surface area contributed by atoms with Crippen LogP contribution in [0.2, 0.25) is 0 Å². The Bertz CT molecular complexity index is 386. The van der Waals surface area contributed by atoms with Crippen molar-refractivity contribution in [3.8, 4) is 0 Å². The lowest BCUT2D eigenvalue weighted by Gasteiger charge is -2.36. The minimum Gasteiger partial charge on any atom is -0.447 e. The highest BCUT2D eigenvalue weighted by atomic mass is 16.6. The maximum atomic E-state index is 11.7. The standard InChI is InChI=1S/C11H17N3O4/c1-7(2)18-10(17)14-5-3-11(4-6-14)8(15)12-9(16)13-11/h7H,3-6H2,1-2H3,(H2,12,13,15,16). The molecule has 0 unspecified atom stereocenters. The van der Waals surface area contributed by atoms with Gasteiger partial charge in [0.15, 0.2) is 0 Å². The zero-order valence-electron chi connectivity index (χ0n) is 10.5. The van der Waals surface area contributed by atoms with Gasteiger partial charge in [-0.15, -0.1) is 0 Å². The lowest BCUT2D eigenvalue weighted by molar-refractivity contribution is -0.125. The van der Waals surface area contributed by atoms with E-state index in [9.17, 15) is 14.4 Å². The first-order chi connectivity index (χ1) is 8.43. The fourth-order valence-corrected chi connectivity index (χ4v) is 2.23. The molecule has 0 aromatic rings. The second-order valence-electron chi connectivity index (χ2n) is 4.91. The Morgan fingerprint density at radius 2 is 1.94 bits per heavy atom. The Hall–Kier alpha value is -1.79. The molecule has 0 bridgehead atoms. The molecule has 100 valence electrons. The van der Waals surface area contributed by atoms with Crippen LogP contribution in [0.25, 0.3) is 0 Å². The van der Waals surface area contributed by atoms with Crippen molar-refractivity contribution in [3.05, 3.63) is 0 Å². The normalized spacial score (nSPS) is 22.1. The van der Waals surface area contributed by atoms with Crippen molar-refractivity contribution in [2.75, 3.05) is 13.1 Å².